The fourth-order valence-electron chi connectivity index (χ4n) is 2.70. The van der Waals surface area contributed by atoms with Crippen LogP contribution in [0.5, 0.6) is 0 Å². The maximum absolute atomic E-state index is 13.0. The highest BCUT2D eigenvalue weighted by Crippen LogP contribution is 2.56. The number of carboxylic acid groups (broad SMARTS) is 1. The van der Waals surface area contributed by atoms with Crippen molar-refractivity contribution >= 4 is 19.5 Å². The molecule has 0 aromatic rings. The number of nitrogens with zero attached hydrogens (tertiary/aromatic N) is 4. The number of aliphatic carboxylic acids is 1. The molecular weight excluding hydrogens is 351 g/mol. The van der Waals surface area contributed by atoms with Gasteiger partial charge in [0.15, 0.2) is 0 Å². The second-order valence-corrected chi connectivity index (χ2v) is 7.58. The highest BCUT2D eigenvalue weighted by atomic mass is 31.2. The number of hydrogen-bond donors (Lipinski definition) is 1. The number of carboxylic acids is 1. The van der Waals surface area contributed by atoms with Gasteiger partial charge in [-0.1, -0.05) is 18.1 Å². The van der Waals surface area contributed by atoms with Crippen molar-refractivity contribution in [2.45, 2.75) is 45.1 Å². The van der Waals surface area contributed by atoms with Gasteiger partial charge >= 0.3 is 13.6 Å². The number of carbonyl (C=O) groups is 2. The second-order valence-electron chi connectivity index (χ2n) is 5.50. The van der Waals surface area contributed by atoms with Crippen molar-refractivity contribution in [1.82, 2.24) is 4.90 Å². The first-order valence-corrected chi connectivity index (χ1v) is 9.49. The molecule has 0 aromatic heterocycles. The molecule has 0 saturated carbocycles. The largest absolute Gasteiger partial charge is 0.479 e. The maximum Gasteiger partial charge on any atom is 0.364 e. The normalized spacial score (nSPS) is 22.5. The Balaban J connectivity index is 3.29. The topological polar surface area (TPSA) is 142 Å². The van der Waals surface area contributed by atoms with Crippen LogP contribution in [0.25, 0.3) is 10.4 Å². The van der Waals surface area contributed by atoms with E-state index >= 15 is 0 Å². The SMILES string of the molecule is C=CC(C)CC1C(N=[N+]=[N-])C(=O)N1C(C(=O)O)P(=O)(OCC)OCC. The van der Waals surface area contributed by atoms with E-state index in [0.29, 0.717) is 6.42 Å². The lowest BCUT2D eigenvalue weighted by atomic mass is 9.87. The molecule has 0 spiro atoms. The van der Waals surface area contributed by atoms with Crippen molar-refractivity contribution in [3.05, 3.63) is 23.1 Å². The molecule has 1 rings (SSSR count). The molecule has 1 saturated heterocycles. The molecule has 0 aliphatic carbocycles. The van der Waals surface area contributed by atoms with Gasteiger partial charge in [0.1, 0.15) is 6.04 Å². The van der Waals surface area contributed by atoms with Crippen molar-refractivity contribution in [3.8, 4) is 0 Å². The highest BCUT2D eigenvalue weighted by molar-refractivity contribution is 7.55. The summed E-state index contributed by atoms with van der Waals surface area (Å²) in [6, 6.07) is -1.78. The van der Waals surface area contributed by atoms with Gasteiger partial charge in [-0.15, -0.1) is 6.58 Å². The van der Waals surface area contributed by atoms with E-state index in [9.17, 15) is 19.3 Å². The predicted octanol–water partition coefficient (Wildman–Crippen LogP) is 2.77. The molecule has 1 amide bonds. The molecule has 140 valence electrons. The van der Waals surface area contributed by atoms with Gasteiger partial charge in [-0.25, -0.2) is 4.79 Å². The third-order valence-electron chi connectivity index (χ3n) is 3.82. The van der Waals surface area contributed by atoms with Crippen molar-refractivity contribution in [2.75, 3.05) is 13.2 Å². The lowest BCUT2D eigenvalue weighted by Gasteiger charge is -2.49. The molecule has 1 fully saturated rings. The quantitative estimate of drug-likeness (QED) is 0.147. The highest BCUT2D eigenvalue weighted by Gasteiger charge is 2.58. The molecule has 11 heteroatoms. The summed E-state index contributed by atoms with van der Waals surface area (Å²) in [6.45, 7) is 8.47. The predicted molar refractivity (Wildman–Crippen MR) is 89.8 cm³/mol. The minimum absolute atomic E-state index is 0.0450. The van der Waals surface area contributed by atoms with Crippen molar-refractivity contribution in [1.29, 1.82) is 0 Å². The molecule has 4 atom stereocenters. The number of amides is 1. The Hall–Kier alpha value is -1.86. The van der Waals surface area contributed by atoms with E-state index < -0.39 is 37.3 Å². The average molecular weight is 374 g/mol. The first kappa shape index (κ1) is 21.2. The lowest BCUT2D eigenvalue weighted by Crippen LogP contribution is -2.68. The first-order chi connectivity index (χ1) is 11.8. The fourth-order valence-corrected chi connectivity index (χ4v) is 4.64. The summed E-state index contributed by atoms with van der Waals surface area (Å²) in [4.78, 5) is 27.7. The molecule has 4 unspecified atom stereocenters. The molecule has 1 heterocycles. The zero-order valence-electron chi connectivity index (χ0n) is 14.4. The van der Waals surface area contributed by atoms with Crippen molar-refractivity contribution in [2.24, 2.45) is 11.0 Å². The molecule has 1 N–H and O–H groups in total. The number of β-lactam (4-membered cyclic amide) rings is 1. The summed E-state index contributed by atoms with van der Waals surface area (Å²) in [5.41, 5.74) is 8.64. The van der Waals surface area contributed by atoms with Gasteiger partial charge in [-0.2, -0.15) is 0 Å². The third-order valence-corrected chi connectivity index (χ3v) is 6.13. The fraction of sp³-hybridized carbons (Fsp3) is 0.714. The van der Waals surface area contributed by atoms with Crippen molar-refractivity contribution < 1.29 is 28.3 Å². The summed E-state index contributed by atoms with van der Waals surface area (Å²) in [5.74, 6) is -4.10. The standard InChI is InChI=1S/C14H23N4O6P/c1-5-9(4)8-10-11(16-17-15)12(19)18(10)13(14(20)21)25(22,23-6-2)24-7-3/h5,9-11,13H,1,6-8H2,2-4H3,(H,20,21). The van der Waals surface area contributed by atoms with Gasteiger partial charge in [0.25, 0.3) is 0 Å². The van der Waals surface area contributed by atoms with Crippen LogP contribution in [0.2, 0.25) is 0 Å². The molecule has 25 heavy (non-hydrogen) atoms. The van der Waals surface area contributed by atoms with Crippen LogP contribution in [0.1, 0.15) is 27.2 Å². The number of rotatable bonds is 11. The van der Waals surface area contributed by atoms with Gasteiger partial charge in [0.05, 0.1) is 19.3 Å². The second kappa shape index (κ2) is 9.01. The molecule has 0 bridgehead atoms. The Morgan fingerprint density at radius 3 is 2.48 bits per heavy atom. The number of azide groups is 1. The molecule has 1 aliphatic heterocycles. The zero-order chi connectivity index (χ0) is 19.2. The summed E-state index contributed by atoms with van der Waals surface area (Å²) >= 11 is 0. The zero-order valence-corrected chi connectivity index (χ0v) is 15.3. The summed E-state index contributed by atoms with van der Waals surface area (Å²) in [6.07, 6.45) is 1.94. The van der Waals surface area contributed by atoms with Gasteiger partial charge < -0.3 is 19.1 Å². The van der Waals surface area contributed by atoms with E-state index in [0.717, 1.165) is 4.90 Å². The molecule has 10 nitrogen and oxygen atoms in total. The van der Waals surface area contributed by atoms with E-state index in [1.165, 1.54) is 0 Å². The number of carbonyl (C=O) groups excluding carboxylic acids is 1. The maximum atomic E-state index is 13.0. The average Bonchev–Trinajstić information content (AvgIpc) is 2.55. The first-order valence-electron chi connectivity index (χ1n) is 7.87. The van der Waals surface area contributed by atoms with E-state index in [1.54, 1.807) is 19.9 Å². The van der Waals surface area contributed by atoms with Gasteiger partial charge in [-0.05, 0) is 31.7 Å². The van der Waals surface area contributed by atoms with Crippen LogP contribution in [0.4, 0.5) is 0 Å². The summed E-state index contributed by atoms with van der Waals surface area (Å²) < 4.78 is 23.2. The van der Waals surface area contributed by atoms with Crippen LogP contribution in [-0.2, 0) is 23.2 Å². The Morgan fingerprint density at radius 2 is 2.08 bits per heavy atom. The van der Waals surface area contributed by atoms with Gasteiger partial charge in [0, 0.05) is 4.91 Å². The van der Waals surface area contributed by atoms with E-state index in [4.69, 9.17) is 14.6 Å². The number of hydrogen-bond acceptors (Lipinski definition) is 6. The molecule has 1 aliphatic rings. The Labute approximate surface area is 145 Å². The minimum Gasteiger partial charge on any atom is -0.479 e. The number of allylic oxidation sites excluding steroid dienone is 1. The molecular formula is C14H23N4O6P. The van der Waals surface area contributed by atoms with E-state index in [2.05, 4.69) is 16.6 Å². The monoisotopic (exact) mass is 374 g/mol. The van der Waals surface area contributed by atoms with E-state index in [-0.39, 0.29) is 19.1 Å². The van der Waals surface area contributed by atoms with E-state index in [1.807, 2.05) is 6.92 Å². The Kier molecular flexibility index (Phi) is 7.63. The molecule has 0 radical (unpaired) electrons. The van der Waals surface area contributed by atoms with Crippen LogP contribution in [0.15, 0.2) is 17.8 Å². The minimum atomic E-state index is -4.13. The molecule has 0 aromatic carbocycles. The van der Waals surface area contributed by atoms with Gasteiger partial charge in [0.2, 0.25) is 11.7 Å². The van der Waals surface area contributed by atoms with Crippen LogP contribution in [-0.4, -0.2) is 53.0 Å². The van der Waals surface area contributed by atoms with Crippen LogP contribution < -0.4 is 0 Å². The van der Waals surface area contributed by atoms with Gasteiger partial charge in [-0.3, -0.25) is 9.36 Å². The summed E-state index contributed by atoms with van der Waals surface area (Å²) in [5, 5.41) is 13.0. The Bertz CT molecular complexity index is 610. The number of likely N-dealkylation sites (tertiary alicyclic amines) is 1. The van der Waals surface area contributed by atoms with Crippen LogP contribution in [0, 0.1) is 5.92 Å². The van der Waals surface area contributed by atoms with Crippen LogP contribution >= 0.6 is 7.60 Å². The van der Waals surface area contributed by atoms with Crippen LogP contribution in [0.3, 0.4) is 0 Å². The smallest absolute Gasteiger partial charge is 0.364 e. The Morgan fingerprint density at radius 1 is 1.52 bits per heavy atom. The van der Waals surface area contributed by atoms with Crippen molar-refractivity contribution in [3.63, 3.8) is 0 Å². The third kappa shape index (κ3) is 4.41. The summed E-state index contributed by atoms with van der Waals surface area (Å²) in [7, 11) is -4.13. The lowest BCUT2D eigenvalue weighted by molar-refractivity contribution is -0.161.